The second-order valence-electron chi connectivity index (χ2n) is 8.40. The van der Waals surface area contributed by atoms with Gasteiger partial charge in [0.1, 0.15) is 19.0 Å². The lowest BCUT2D eigenvalue weighted by Crippen LogP contribution is -2.18. The average Bonchev–Trinajstić information content (AvgIpc) is 3.39. The summed E-state index contributed by atoms with van der Waals surface area (Å²) in [6, 6.07) is 14.1. The highest BCUT2D eigenvalue weighted by atomic mass is 33.1. The predicted octanol–water partition coefficient (Wildman–Crippen LogP) is 6.41. The van der Waals surface area contributed by atoms with Crippen molar-refractivity contribution in [3.63, 3.8) is 0 Å². The third-order valence-electron chi connectivity index (χ3n) is 5.78. The Bertz CT molecular complexity index is 934. The lowest BCUT2D eigenvalue weighted by molar-refractivity contribution is -0.147. The molecule has 0 radical (unpaired) electrons. The number of esters is 2. The van der Waals surface area contributed by atoms with E-state index in [0.717, 1.165) is 23.7 Å². The van der Waals surface area contributed by atoms with Crippen molar-refractivity contribution in [2.75, 3.05) is 32.2 Å². The summed E-state index contributed by atoms with van der Waals surface area (Å²) in [5.41, 5.74) is 1.83. The Hall–Kier alpha value is -2.03. The summed E-state index contributed by atoms with van der Waals surface area (Å²) >= 11 is 0. The van der Waals surface area contributed by atoms with Crippen molar-refractivity contribution in [2.24, 2.45) is 0 Å². The third-order valence-corrected chi connectivity index (χ3v) is 8.79. The molecule has 0 amide bonds. The van der Waals surface area contributed by atoms with E-state index in [-0.39, 0.29) is 38.2 Å². The van der Waals surface area contributed by atoms with E-state index in [1.165, 1.54) is 24.7 Å². The molecule has 0 N–H and O–H groups in total. The number of carbonyl (C=O) groups excluding carboxylic acids is 2. The van der Waals surface area contributed by atoms with Crippen LogP contribution in [-0.4, -0.2) is 49.4 Å². The highest BCUT2D eigenvalue weighted by Crippen LogP contribution is 2.39. The molecular formula is C27H33FO5S2. The van der Waals surface area contributed by atoms with E-state index >= 15 is 0 Å². The first-order chi connectivity index (χ1) is 17.0. The zero-order valence-electron chi connectivity index (χ0n) is 20.1. The van der Waals surface area contributed by atoms with Gasteiger partial charge in [-0.1, -0.05) is 70.5 Å². The van der Waals surface area contributed by atoms with Gasteiger partial charge in [-0.15, -0.1) is 0 Å². The maximum absolute atomic E-state index is 14.6. The molecule has 0 spiro atoms. The molecule has 190 valence electrons. The SMILES string of the molecule is CC(C(=O)OCCOCCOC(=O)CCCCC1CCSS1)c1ccc(-c2ccccc2)c(F)c1. The number of benzene rings is 2. The Morgan fingerprint density at radius 3 is 2.51 bits per heavy atom. The predicted molar refractivity (Wildman–Crippen MR) is 140 cm³/mol. The monoisotopic (exact) mass is 520 g/mol. The number of halogens is 1. The molecule has 0 bridgehead atoms. The molecule has 35 heavy (non-hydrogen) atoms. The van der Waals surface area contributed by atoms with Crippen LogP contribution in [0.5, 0.6) is 0 Å². The summed E-state index contributed by atoms with van der Waals surface area (Å²) in [5, 5.41) is 0.739. The van der Waals surface area contributed by atoms with Crippen LogP contribution in [0.15, 0.2) is 48.5 Å². The Morgan fingerprint density at radius 1 is 1.03 bits per heavy atom. The van der Waals surface area contributed by atoms with E-state index in [2.05, 4.69) is 0 Å². The van der Waals surface area contributed by atoms with Crippen LogP contribution in [0.25, 0.3) is 11.1 Å². The van der Waals surface area contributed by atoms with E-state index in [4.69, 9.17) is 14.2 Å². The van der Waals surface area contributed by atoms with Crippen LogP contribution >= 0.6 is 21.6 Å². The van der Waals surface area contributed by atoms with Gasteiger partial charge in [0.2, 0.25) is 0 Å². The highest BCUT2D eigenvalue weighted by molar-refractivity contribution is 8.77. The first-order valence-electron chi connectivity index (χ1n) is 12.1. The van der Waals surface area contributed by atoms with Crippen LogP contribution in [0.3, 0.4) is 0 Å². The summed E-state index contributed by atoms with van der Waals surface area (Å²) in [4.78, 5) is 24.1. The molecule has 1 aliphatic heterocycles. The molecule has 0 saturated carbocycles. The fourth-order valence-electron chi connectivity index (χ4n) is 3.71. The minimum atomic E-state index is -0.596. The summed E-state index contributed by atoms with van der Waals surface area (Å²) < 4.78 is 30.4. The Balaban J connectivity index is 1.24. The zero-order chi connectivity index (χ0) is 24.9. The lowest BCUT2D eigenvalue weighted by Gasteiger charge is -2.13. The van der Waals surface area contributed by atoms with Gasteiger partial charge in [0, 0.05) is 23.0 Å². The van der Waals surface area contributed by atoms with E-state index in [1.54, 1.807) is 19.1 Å². The smallest absolute Gasteiger partial charge is 0.313 e. The number of hydrogen-bond donors (Lipinski definition) is 0. The molecule has 1 aliphatic rings. The van der Waals surface area contributed by atoms with Crippen molar-refractivity contribution < 1.29 is 28.2 Å². The molecule has 8 heteroatoms. The summed E-state index contributed by atoms with van der Waals surface area (Å²) in [6.07, 6.45) is 4.78. The fraction of sp³-hybridized carbons (Fsp3) is 0.481. The molecule has 5 nitrogen and oxygen atoms in total. The number of carbonyl (C=O) groups is 2. The van der Waals surface area contributed by atoms with Gasteiger partial charge in [0.05, 0.1) is 19.1 Å². The van der Waals surface area contributed by atoms with E-state index in [0.29, 0.717) is 17.5 Å². The second kappa shape index (κ2) is 15.2. The third kappa shape index (κ3) is 9.50. The van der Waals surface area contributed by atoms with Crippen molar-refractivity contribution >= 4 is 33.5 Å². The molecule has 2 atom stereocenters. The highest BCUT2D eigenvalue weighted by Gasteiger charge is 2.19. The fourth-order valence-corrected chi connectivity index (χ4v) is 6.74. The van der Waals surface area contributed by atoms with Gasteiger partial charge < -0.3 is 14.2 Å². The van der Waals surface area contributed by atoms with E-state index in [9.17, 15) is 14.0 Å². The molecular weight excluding hydrogens is 487 g/mol. The first-order valence-corrected chi connectivity index (χ1v) is 14.5. The molecule has 2 aromatic rings. The van der Waals surface area contributed by atoms with Crippen LogP contribution in [0, 0.1) is 5.82 Å². The van der Waals surface area contributed by atoms with Crippen molar-refractivity contribution in [1.29, 1.82) is 0 Å². The second-order valence-corrected chi connectivity index (χ2v) is 11.2. The number of ether oxygens (including phenoxy) is 3. The quantitative estimate of drug-likeness (QED) is 0.162. The van der Waals surface area contributed by atoms with Gasteiger partial charge in [0.15, 0.2) is 0 Å². The molecule has 0 aromatic heterocycles. The summed E-state index contributed by atoms with van der Waals surface area (Å²) in [5.74, 6) is -0.382. The van der Waals surface area contributed by atoms with E-state index in [1.807, 2.05) is 51.9 Å². The van der Waals surface area contributed by atoms with Crippen LogP contribution in [-0.2, 0) is 23.8 Å². The molecule has 1 fully saturated rings. The van der Waals surface area contributed by atoms with Gasteiger partial charge in [-0.2, -0.15) is 0 Å². The largest absolute Gasteiger partial charge is 0.463 e. The standard InChI is InChI=1S/C27H33FO5S2/c1-20(22-11-12-24(25(28)19-22)21-7-3-2-4-8-21)27(30)33-17-15-31-14-16-32-26(29)10-6-5-9-23-13-18-34-35-23/h2-4,7-8,11-12,19-20,23H,5-6,9-10,13-18H2,1H3. The first kappa shape index (κ1) is 27.6. The van der Waals surface area contributed by atoms with Gasteiger partial charge in [-0.05, 0) is 43.4 Å². The number of hydrogen-bond acceptors (Lipinski definition) is 7. The Morgan fingerprint density at radius 2 is 1.80 bits per heavy atom. The summed E-state index contributed by atoms with van der Waals surface area (Å²) in [7, 11) is 3.90. The number of rotatable bonds is 14. The van der Waals surface area contributed by atoms with Gasteiger partial charge in [-0.3, -0.25) is 9.59 Å². The minimum absolute atomic E-state index is 0.0825. The topological polar surface area (TPSA) is 61.8 Å². The minimum Gasteiger partial charge on any atom is -0.463 e. The van der Waals surface area contributed by atoms with Gasteiger partial charge in [-0.25, -0.2) is 4.39 Å². The Labute approximate surface area is 214 Å². The lowest BCUT2D eigenvalue weighted by atomic mass is 9.97. The molecule has 1 heterocycles. The molecule has 3 rings (SSSR count). The van der Waals surface area contributed by atoms with Crippen LogP contribution in [0.2, 0.25) is 0 Å². The maximum Gasteiger partial charge on any atom is 0.313 e. The average molecular weight is 521 g/mol. The van der Waals surface area contributed by atoms with Crippen molar-refractivity contribution in [2.45, 2.75) is 50.2 Å². The number of unbranched alkanes of at least 4 members (excludes halogenated alkanes) is 1. The van der Waals surface area contributed by atoms with Gasteiger partial charge >= 0.3 is 11.9 Å². The summed E-state index contributed by atoms with van der Waals surface area (Å²) in [6.45, 7) is 2.41. The van der Waals surface area contributed by atoms with Crippen LogP contribution < -0.4 is 0 Å². The van der Waals surface area contributed by atoms with Crippen LogP contribution in [0.4, 0.5) is 4.39 Å². The molecule has 2 aromatic carbocycles. The molecule has 1 saturated heterocycles. The Kier molecular flexibility index (Phi) is 11.9. The van der Waals surface area contributed by atoms with Crippen molar-refractivity contribution in [1.82, 2.24) is 0 Å². The van der Waals surface area contributed by atoms with Gasteiger partial charge in [0.25, 0.3) is 0 Å². The molecule has 0 aliphatic carbocycles. The molecule has 2 unspecified atom stereocenters. The van der Waals surface area contributed by atoms with Crippen LogP contribution in [0.1, 0.15) is 50.5 Å². The van der Waals surface area contributed by atoms with Crippen molar-refractivity contribution in [3.05, 3.63) is 59.9 Å². The van der Waals surface area contributed by atoms with Crippen molar-refractivity contribution in [3.8, 4) is 11.1 Å². The van der Waals surface area contributed by atoms with E-state index < -0.39 is 11.9 Å². The maximum atomic E-state index is 14.6. The zero-order valence-corrected chi connectivity index (χ0v) is 21.7. The normalized spacial score (nSPS) is 16.1.